The average Bonchev–Trinajstić information content (AvgIpc) is 2.82. The lowest BCUT2D eigenvalue weighted by molar-refractivity contribution is -0.153. The molecule has 0 bridgehead atoms. The highest BCUT2D eigenvalue weighted by atomic mass is 32.2. The lowest BCUT2D eigenvalue weighted by atomic mass is 10.1. The van der Waals surface area contributed by atoms with Crippen LogP contribution in [0.2, 0.25) is 0 Å². The van der Waals surface area contributed by atoms with Crippen molar-refractivity contribution in [3.63, 3.8) is 0 Å². The molecule has 0 fully saturated rings. The molecule has 116 valence electrons. The van der Waals surface area contributed by atoms with Gasteiger partial charge in [0.1, 0.15) is 5.60 Å². The molecule has 21 heavy (non-hydrogen) atoms. The van der Waals surface area contributed by atoms with Crippen molar-refractivity contribution in [2.45, 2.75) is 62.7 Å². The molecule has 1 unspecified atom stereocenters. The molecule has 0 aromatic heterocycles. The van der Waals surface area contributed by atoms with Crippen LogP contribution in [0.1, 0.15) is 45.2 Å². The van der Waals surface area contributed by atoms with Gasteiger partial charge in [-0.1, -0.05) is 6.07 Å². The Hall–Kier alpha value is -1.36. The second-order valence-corrected chi connectivity index (χ2v) is 8.77. The number of hydrogen-bond acceptors (Lipinski definition) is 4. The summed E-state index contributed by atoms with van der Waals surface area (Å²) in [5.41, 5.74) is 1.59. The van der Waals surface area contributed by atoms with Crippen molar-refractivity contribution in [1.82, 2.24) is 0 Å². The fourth-order valence-electron chi connectivity index (χ4n) is 2.44. The smallest absolute Gasteiger partial charge is 0.324 e. The molecule has 0 amide bonds. The summed E-state index contributed by atoms with van der Waals surface area (Å²) in [4.78, 5) is 12.2. The molecular formula is C16H22O4S. The largest absolute Gasteiger partial charge is 0.459 e. The molecule has 0 heterocycles. The van der Waals surface area contributed by atoms with E-state index < -0.39 is 26.7 Å². The third kappa shape index (κ3) is 3.46. The highest BCUT2D eigenvalue weighted by molar-refractivity contribution is 7.92. The topological polar surface area (TPSA) is 60.4 Å². The first kappa shape index (κ1) is 16.0. The normalized spacial score (nSPS) is 16.4. The first-order chi connectivity index (χ1) is 9.61. The van der Waals surface area contributed by atoms with Gasteiger partial charge in [-0.3, -0.25) is 4.79 Å². The fraction of sp³-hybridized carbons (Fsp3) is 0.562. The van der Waals surface area contributed by atoms with E-state index in [1.807, 2.05) is 6.07 Å². The minimum Gasteiger partial charge on any atom is -0.459 e. The van der Waals surface area contributed by atoms with Gasteiger partial charge in [-0.15, -0.1) is 0 Å². The van der Waals surface area contributed by atoms with Gasteiger partial charge in [0.2, 0.25) is 0 Å². The van der Waals surface area contributed by atoms with Gasteiger partial charge in [-0.2, -0.15) is 0 Å². The van der Waals surface area contributed by atoms with E-state index in [0.29, 0.717) is 0 Å². The van der Waals surface area contributed by atoms with E-state index in [9.17, 15) is 13.2 Å². The summed E-state index contributed by atoms with van der Waals surface area (Å²) in [7, 11) is -3.71. The molecule has 5 heteroatoms. The zero-order valence-electron chi connectivity index (χ0n) is 13.0. The molecule has 1 aliphatic carbocycles. The zero-order chi connectivity index (χ0) is 15.8. The van der Waals surface area contributed by atoms with Crippen LogP contribution in [0.25, 0.3) is 0 Å². The zero-order valence-corrected chi connectivity index (χ0v) is 13.8. The fourth-order valence-corrected chi connectivity index (χ4v) is 3.71. The third-order valence-electron chi connectivity index (χ3n) is 3.60. The second-order valence-electron chi connectivity index (χ2n) is 6.50. The van der Waals surface area contributed by atoms with Crippen LogP contribution >= 0.6 is 0 Å². The van der Waals surface area contributed by atoms with Crippen LogP contribution < -0.4 is 0 Å². The van der Waals surface area contributed by atoms with Crippen LogP contribution in [0.4, 0.5) is 0 Å². The molecule has 0 N–H and O–H groups in total. The number of sulfone groups is 1. The summed E-state index contributed by atoms with van der Waals surface area (Å²) in [5.74, 6) is -0.706. The van der Waals surface area contributed by atoms with Crippen molar-refractivity contribution in [3.05, 3.63) is 29.3 Å². The summed E-state index contributed by atoms with van der Waals surface area (Å²) in [6.45, 7) is 6.55. The van der Waals surface area contributed by atoms with Gasteiger partial charge in [-0.25, -0.2) is 8.42 Å². The summed E-state index contributed by atoms with van der Waals surface area (Å²) in [6.07, 6.45) is 2.96. The Bertz CT molecular complexity index is 653. The average molecular weight is 310 g/mol. The number of benzene rings is 1. The van der Waals surface area contributed by atoms with Crippen LogP contribution in [0.3, 0.4) is 0 Å². The van der Waals surface area contributed by atoms with E-state index in [1.165, 1.54) is 12.5 Å². The molecule has 2 rings (SSSR count). The van der Waals surface area contributed by atoms with Crippen molar-refractivity contribution in [3.8, 4) is 0 Å². The van der Waals surface area contributed by atoms with Crippen molar-refractivity contribution in [1.29, 1.82) is 0 Å². The van der Waals surface area contributed by atoms with E-state index in [-0.39, 0.29) is 4.90 Å². The van der Waals surface area contributed by atoms with Crippen molar-refractivity contribution in [2.24, 2.45) is 0 Å². The van der Waals surface area contributed by atoms with Crippen LogP contribution in [-0.2, 0) is 32.2 Å². The van der Waals surface area contributed by atoms with E-state index in [2.05, 4.69) is 0 Å². The number of rotatable bonds is 3. The van der Waals surface area contributed by atoms with Crippen LogP contribution in [0, 0.1) is 0 Å². The third-order valence-corrected chi connectivity index (χ3v) is 5.64. The number of carbonyl (C=O) groups is 1. The van der Waals surface area contributed by atoms with Crippen LogP contribution in [-0.4, -0.2) is 25.2 Å². The lowest BCUT2D eigenvalue weighted by Gasteiger charge is -2.22. The molecule has 0 radical (unpaired) electrons. The van der Waals surface area contributed by atoms with E-state index >= 15 is 0 Å². The molecule has 1 aromatic rings. The standard InChI is InChI=1S/C16H22O4S/c1-11(15(17)20-16(2,3)4)21(18,19)14-9-8-12-6-5-7-13(12)10-14/h8-11H,5-7H2,1-4H3. The van der Waals surface area contributed by atoms with E-state index in [4.69, 9.17) is 4.74 Å². The minimum absolute atomic E-state index is 0.210. The van der Waals surface area contributed by atoms with Gasteiger partial charge in [0, 0.05) is 0 Å². The van der Waals surface area contributed by atoms with Gasteiger partial charge in [-0.05, 0) is 70.2 Å². The molecule has 4 nitrogen and oxygen atoms in total. The Morgan fingerprint density at radius 3 is 2.43 bits per heavy atom. The monoisotopic (exact) mass is 310 g/mol. The number of ether oxygens (including phenoxy) is 1. The van der Waals surface area contributed by atoms with Gasteiger partial charge >= 0.3 is 5.97 Å². The van der Waals surface area contributed by atoms with Gasteiger partial charge in [0.25, 0.3) is 0 Å². The quantitative estimate of drug-likeness (QED) is 0.805. The van der Waals surface area contributed by atoms with Crippen LogP contribution in [0.5, 0.6) is 0 Å². The predicted molar refractivity (Wildman–Crippen MR) is 81.0 cm³/mol. The number of fused-ring (bicyclic) bond motifs is 1. The van der Waals surface area contributed by atoms with Crippen LogP contribution in [0.15, 0.2) is 23.1 Å². The Labute approximate surface area is 126 Å². The van der Waals surface area contributed by atoms with Crippen molar-refractivity contribution in [2.75, 3.05) is 0 Å². The number of carbonyl (C=O) groups excluding carboxylic acids is 1. The SMILES string of the molecule is CC(C(=O)OC(C)(C)C)S(=O)(=O)c1ccc2c(c1)CCC2. The van der Waals surface area contributed by atoms with Crippen molar-refractivity contribution >= 4 is 15.8 Å². The van der Waals surface area contributed by atoms with Gasteiger partial charge in [0.05, 0.1) is 4.90 Å². The number of hydrogen-bond donors (Lipinski definition) is 0. The molecular weight excluding hydrogens is 288 g/mol. The number of aryl methyl sites for hydroxylation is 2. The minimum atomic E-state index is -3.71. The van der Waals surface area contributed by atoms with Crippen molar-refractivity contribution < 1.29 is 17.9 Å². The predicted octanol–water partition coefficient (Wildman–Crippen LogP) is 2.68. The highest BCUT2D eigenvalue weighted by Gasteiger charge is 2.33. The Kier molecular flexibility index (Phi) is 4.15. The van der Waals surface area contributed by atoms with Gasteiger partial charge in [0.15, 0.2) is 15.1 Å². The molecule has 0 saturated carbocycles. The molecule has 0 spiro atoms. The first-order valence-electron chi connectivity index (χ1n) is 7.20. The van der Waals surface area contributed by atoms with E-state index in [0.717, 1.165) is 24.8 Å². The highest BCUT2D eigenvalue weighted by Crippen LogP contribution is 2.27. The summed E-state index contributed by atoms with van der Waals surface area (Å²) < 4.78 is 30.3. The molecule has 1 aromatic carbocycles. The molecule has 1 aliphatic rings. The lowest BCUT2D eigenvalue weighted by Crippen LogP contribution is -2.35. The van der Waals surface area contributed by atoms with Gasteiger partial charge < -0.3 is 4.74 Å². The summed E-state index contributed by atoms with van der Waals surface area (Å²) in [5, 5.41) is -1.20. The Morgan fingerprint density at radius 2 is 1.81 bits per heavy atom. The Morgan fingerprint density at radius 1 is 1.19 bits per heavy atom. The maximum atomic E-state index is 12.6. The maximum Gasteiger partial charge on any atom is 0.324 e. The summed E-state index contributed by atoms with van der Waals surface area (Å²) >= 11 is 0. The number of esters is 1. The second kappa shape index (κ2) is 5.44. The molecule has 1 atom stereocenters. The Balaban J connectivity index is 2.27. The maximum absolute atomic E-state index is 12.6. The summed E-state index contributed by atoms with van der Waals surface area (Å²) in [6, 6.07) is 5.16. The molecule has 0 saturated heterocycles. The van der Waals surface area contributed by atoms with E-state index in [1.54, 1.807) is 32.9 Å². The first-order valence-corrected chi connectivity index (χ1v) is 8.74. The molecule has 0 aliphatic heterocycles.